The Kier molecular flexibility index (Phi) is 4.84. The molecule has 1 aromatic rings. The number of benzene rings is 1. The van der Waals surface area contributed by atoms with E-state index < -0.39 is 21.8 Å². The summed E-state index contributed by atoms with van der Waals surface area (Å²) < 4.78 is 65.5. The smallest absolute Gasteiger partial charge is 0.329 e. The van der Waals surface area contributed by atoms with Crippen LogP contribution in [0.15, 0.2) is 23.1 Å². The minimum atomic E-state index is -4.58. The van der Waals surface area contributed by atoms with Crippen LogP contribution in [0.1, 0.15) is 30.4 Å². The van der Waals surface area contributed by atoms with Gasteiger partial charge in [0.2, 0.25) is 10.0 Å². The first-order chi connectivity index (χ1) is 10.2. The molecule has 124 valence electrons. The number of hydrogen-bond acceptors (Lipinski definition) is 3. The fourth-order valence-electron chi connectivity index (χ4n) is 2.73. The first kappa shape index (κ1) is 17.2. The first-order valence-electron chi connectivity index (χ1n) is 7.07. The molecule has 0 aromatic heterocycles. The average molecular weight is 336 g/mol. The van der Waals surface area contributed by atoms with Crippen LogP contribution in [0.4, 0.5) is 13.2 Å². The molecule has 0 saturated carbocycles. The molecule has 1 aromatic carbocycles. The van der Waals surface area contributed by atoms with Gasteiger partial charge in [0, 0.05) is 19.1 Å². The second-order valence-corrected chi connectivity index (χ2v) is 7.37. The standard InChI is InChI=1S/C14H19F3N2O2S/c1-10-5-6-12(8-13(10)14(15,16)17)22(20,21)19-7-3-2-4-11(19)9-18/h5-6,8,11H,2-4,7,9,18H2,1H3. The second-order valence-electron chi connectivity index (χ2n) is 5.48. The lowest BCUT2D eigenvalue weighted by Crippen LogP contribution is -2.47. The molecule has 1 atom stereocenters. The Labute approximate surface area is 128 Å². The molecule has 0 bridgehead atoms. The van der Waals surface area contributed by atoms with E-state index in [1.54, 1.807) is 0 Å². The Bertz CT molecular complexity index is 644. The number of sulfonamides is 1. The first-order valence-corrected chi connectivity index (χ1v) is 8.51. The molecule has 0 spiro atoms. The van der Waals surface area contributed by atoms with Gasteiger partial charge in [-0.15, -0.1) is 0 Å². The van der Waals surface area contributed by atoms with Crippen LogP contribution in [0, 0.1) is 6.92 Å². The molecule has 4 nitrogen and oxygen atoms in total. The minimum absolute atomic E-state index is 0.000434. The van der Waals surface area contributed by atoms with Crippen molar-refractivity contribution < 1.29 is 21.6 Å². The third-order valence-corrected chi connectivity index (χ3v) is 5.91. The lowest BCUT2D eigenvalue weighted by molar-refractivity contribution is -0.138. The summed E-state index contributed by atoms with van der Waals surface area (Å²) in [6, 6.07) is 2.78. The van der Waals surface area contributed by atoms with Crippen LogP contribution in [0.3, 0.4) is 0 Å². The van der Waals surface area contributed by atoms with E-state index in [4.69, 9.17) is 5.73 Å². The van der Waals surface area contributed by atoms with Gasteiger partial charge in [-0.1, -0.05) is 12.5 Å². The number of nitrogens with zero attached hydrogens (tertiary/aromatic N) is 1. The third kappa shape index (κ3) is 3.28. The van der Waals surface area contributed by atoms with Gasteiger partial charge < -0.3 is 5.73 Å². The SMILES string of the molecule is Cc1ccc(S(=O)(=O)N2CCCCC2CN)cc1C(F)(F)F. The highest BCUT2D eigenvalue weighted by molar-refractivity contribution is 7.89. The fourth-order valence-corrected chi connectivity index (χ4v) is 4.46. The van der Waals surface area contributed by atoms with Crippen LogP contribution in [-0.2, 0) is 16.2 Å². The van der Waals surface area contributed by atoms with Crippen molar-refractivity contribution in [3.05, 3.63) is 29.3 Å². The molecule has 2 N–H and O–H groups in total. The van der Waals surface area contributed by atoms with Gasteiger partial charge in [0.1, 0.15) is 0 Å². The van der Waals surface area contributed by atoms with Crippen LogP contribution >= 0.6 is 0 Å². The summed E-state index contributed by atoms with van der Waals surface area (Å²) in [5, 5.41) is 0. The predicted molar refractivity (Wildman–Crippen MR) is 76.8 cm³/mol. The number of alkyl halides is 3. The Balaban J connectivity index is 2.45. The minimum Gasteiger partial charge on any atom is -0.329 e. The van der Waals surface area contributed by atoms with Gasteiger partial charge in [0.25, 0.3) is 0 Å². The highest BCUT2D eigenvalue weighted by atomic mass is 32.2. The summed E-state index contributed by atoms with van der Waals surface area (Å²) >= 11 is 0. The number of nitrogens with two attached hydrogens (primary N) is 1. The fraction of sp³-hybridized carbons (Fsp3) is 0.571. The Morgan fingerprint density at radius 1 is 1.32 bits per heavy atom. The number of rotatable bonds is 3. The summed E-state index contributed by atoms with van der Waals surface area (Å²) in [5.74, 6) is 0. The quantitative estimate of drug-likeness (QED) is 0.922. The van der Waals surface area contributed by atoms with Crippen molar-refractivity contribution in [2.24, 2.45) is 5.73 Å². The zero-order valence-corrected chi connectivity index (χ0v) is 13.0. The molecule has 0 amide bonds. The molecule has 1 unspecified atom stereocenters. The highest BCUT2D eigenvalue weighted by Crippen LogP contribution is 2.34. The third-order valence-electron chi connectivity index (χ3n) is 3.97. The average Bonchev–Trinajstić information content (AvgIpc) is 2.46. The molecule has 8 heteroatoms. The van der Waals surface area contributed by atoms with E-state index in [1.165, 1.54) is 23.4 Å². The van der Waals surface area contributed by atoms with Crippen molar-refractivity contribution in [1.82, 2.24) is 4.31 Å². The maximum Gasteiger partial charge on any atom is 0.416 e. The molecule has 1 fully saturated rings. The summed E-state index contributed by atoms with van der Waals surface area (Å²) in [6.07, 6.45) is -2.39. The normalized spacial score (nSPS) is 21.0. The molecule has 0 aliphatic carbocycles. The molecule has 0 radical (unpaired) electrons. The van der Waals surface area contributed by atoms with Crippen molar-refractivity contribution in [3.63, 3.8) is 0 Å². The zero-order chi connectivity index (χ0) is 16.5. The molecule has 2 rings (SSSR count). The number of hydrogen-bond donors (Lipinski definition) is 1. The lowest BCUT2D eigenvalue weighted by atomic mass is 10.1. The summed E-state index contributed by atoms with van der Waals surface area (Å²) in [6.45, 7) is 1.76. The topological polar surface area (TPSA) is 63.4 Å². The van der Waals surface area contributed by atoms with Gasteiger partial charge in [-0.3, -0.25) is 0 Å². The summed E-state index contributed by atoms with van der Waals surface area (Å²) in [4.78, 5) is -0.328. The van der Waals surface area contributed by atoms with E-state index in [0.717, 1.165) is 6.42 Å². The molecular weight excluding hydrogens is 317 g/mol. The van der Waals surface area contributed by atoms with Crippen molar-refractivity contribution in [3.8, 4) is 0 Å². The number of halogens is 3. The lowest BCUT2D eigenvalue weighted by Gasteiger charge is -2.34. The van der Waals surface area contributed by atoms with Gasteiger partial charge in [-0.05, 0) is 37.5 Å². The molecule has 1 saturated heterocycles. The predicted octanol–water partition coefficient (Wildman–Crippen LogP) is 2.52. The van der Waals surface area contributed by atoms with E-state index >= 15 is 0 Å². The number of aryl methyl sites for hydroxylation is 1. The number of piperidine rings is 1. The van der Waals surface area contributed by atoms with Gasteiger partial charge in [0.05, 0.1) is 10.5 Å². The van der Waals surface area contributed by atoms with Gasteiger partial charge in [-0.2, -0.15) is 17.5 Å². The summed E-state index contributed by atoms with van der Waals surface area (Å²) in [7, 11) is -3.97. The summed E-state index contributed by atoms with van der Waals surface area (Å²) in [5.41, 5.74) is 4.68. The maximum absolute atomic E-state index is 13.0. The second kappa shape index (κ2) is 6.17. The van der Waals surface area contributed by atoms with Crippen molar-refractivity contribution >= 4 is 10.0 Å². The van der Waals surface area contributed by atoms with Crippen LogP contribution in [0.25, 0.3) is 0 Å². The molecular formula is C14H19F3N2O2S. The van der Waals surface area contributed by atoms with Crippen LogP contribution < -0.4 is 5.73 Å². The van der Waals surface area contributed by atoms with Crippen LogP contribution in [0.5, 0.6) is 0 Å². The molecule has 1 heterocycles. The van der Waals surface area contributed by atoms with Crippen molar-refractivity contribution in [1.29, 1.82) is 0 Å². The van der Waals surface area contributed by atoms with Gasteiger partial charge >= 0.3 is 6.18 Å². The largest absolute Gasteiger partial charge is 0.416 e. The van der Waals surface area contributed by atoms with E-state index in [2.05, 4.69) is 0 Å². The Morgan fingerprint density at radius 2 is 2.00 bits per heavy atom. The van der Waals surface area contributed by atoms with E-state index in [9.17, 15) is 21.6 Å². The van der Waals surface area contributed by atoms with Crippen LogP contribution in [0.2, 0.25) is 0 Å². The highest BCUT2D eigenvalue weighted by Gasteiger charge is 2.36. The van der Waals surface area contributed by atoms with Crippen molar-refractivity contribution in [2.75, 3.05) is 13.1 Å². The van der Waals surface area contributed by atoms with Gasteiger partial charge in [0.15, 0.2) is 0 Å². The Hall–Kier alpha value is -1.12. The van der Waals surface area contributed by atoms with E-state index in [1.807, 2.05) is 0 Å². The zero-order valence-electron chi connectivity index (χ0n) is 12.2. The Morgan fingerprint density at radius 3 is 2.59 bits per heavy atom. The monoisotopic (exact) mass is 336 g/mol. The maximum atomic E-state index is 13.0. The van der Waals surface area contributed by atoms with Crippen molar-refractivity contribution in [2.45, 2.75) is 43.3 Å². The van der Waals surface area contributed by atoms with E-state index in [0.29, 0.717) is 25.5 Å². The molecule has 1 aliphatic rings. The van der Waals surface area contributed by atoms with Gasteiger partial charge in [-0.25, -0.2) is 8.42 Å². The molecule has 1 aliphatic heterocycles. The van der Waals surface area contributed by atoms with E-state index in [-0.39, 0.29) is 23.0 Å². The van der Waals surface area contributed by atoms with Crippen LogP contribution in [-0.4, -0.2) is 31.9 Å². The molecule has 22 heavy (non-hydrogen) atoms.